The second-order valence-corrected chi connectivity index (χ2v) is 11.5. The Kier molecular flexibility index (Phi) is 6.39. The molecule has 2 aromatic carbocycles. The average Bonchev–Trinajstić information content (AvgIpc) is 3.14. The summed E-state index contributed by atoms with van der Waals surface area (Å²) < 4.78 is 43.0. The minimum absolute atomic E-state index is 0.0861. The van der Waals surface area contributed by atoms with Crippen LogP contribution in [0.15, 0.2) is 59.5 Å². The number of rotatable bonds is 5. The largest absolute Gasteiger partial charge is 0.307 e. The van der Waals surface area contributed by atoms with Crippen LogP contribution in [0.1, 0.15) is 57.6 Å². The Morgan fingerprint density at radius 2 is 1.58 bits per heavy atom. The molecule has 3 aromatic rings. The van der Waals surface area contributed by atoms with Crippen molar-refractivity contribution in [1.29, 1.82) is 0 Å². The van der Waals surface area contributed by atoms with Gasteiger partial charge in [0.25, 0.3) is 15.9 Å². The van der Waals surface area contributed by atoms with Gasteiger partial charge in [0.2, 0.25) is 0 Å². The van der Waals surface area contributed by atoms with E-state index in [2.05, 4.69) is 15.1 Å². The lowest BCUT2D eigenvalue weighted by atomic mass is 9.92. The number of hydrogen-bond acceptors (Lipinski definition) is 4. The van der Waals surface area contributed by atoms with Crippen molar-refractivity contribution < 1.29 is 17.6 Å². The zero-order chi connectivity index (χ0) is 24.6. The highest BCUT2D eigenvalue weighted by molar-refractivity contribution is 7.92. The molecule has 0 atom stereocenters. The molecule has 0 radical (unpaired) electrons. The third-order valence-corrected chi connectivity index (χ3v) is 6.28. The van der Waals surface area contributed by atoms with Gasteiger partial charge in [-0.1, -0.05) is 32.9 Å². The van der Waals surface area contributed by atoms with Crippen molar-refractivity contribution in [1.82, 2.24) is 9.78 Å². The summed E-state index contributed by atoms with van der Waals surface area (Å²) in [5.74, 6) is -0.524. The minimum atomic E-state index is -4.01. The molecule has 0 aliphatic rings. The molecule has 1 amide bonds. The van der Waals surface area contributed by atoms with Crippen LogP contribution in [0.2, 0.25) is 0 Å². The Balaban J connectivity index is 1.83. The summed E-state index contributed by atoms with van der Waals surface area (Å²) in [5.41, 5.74) is 0.413. The molecule has 1 aromatic heterocycles. The van der Waals surface area contributed by atoms with Crippen molar-refractivity contribution in [3.05, 3.63) is 71.7 Å². The van der Waals surface area contributed by atoms with Crippen molar-refractivity contribution in [3.8, 4) is 0 Å². The number of halogens is 1. The minimum Gasteiger partial charge on any atom is -0.307 e. The van der Waals surface area contributed by atoms with E-state index in [4.69, 9.17) is 0 Å². The summed E-state index contributed by atoms with van der Waals surface area (Å²) in [7, 11) is -4.01. The van der Waals surface area contributed by atoms with Gasteiger partial charge in [0.15, 0.2) is 0 Å². The van der Waals surface area contributed by atoms with Gasteiger partial charge in [-0.2, -0.15) is 5.10 Å². The molecular weight excluding hydrogens is 443 g/mol. The van der Waals surface area contributed by atoms with E-state index in [1.54, 1.807) is 4.68 Å². The van der Waals surface area contributed by atoms with Crippen LogP contribution >= 0.6 is 0 Å². The van der Waals surface area contributed by atoms with E-state index in [0.29, 0.717) is 5.82 Å². The molecule has 0 saturated carbocycles. The maximum absolute atomic E-state index is 13.8. The normalized spacial score (nSPS) is 12.5. The third kappa shape index (κ3) is 5.60. The molecule has 2 N–H and O–H groups in total. The van der Waals surface area contributed by atoms with E-state index in [1.807, 2.05) is 47.6 Å². The first kappa shape index (κ1) is 24.4. The fourth-order valence-corrected chi connectivity index (χ4v) is 4.14. The molecule has 176 valence electrons. The van der Waals surface area contributed by atoms with E-state index >= 15 is 0 Å². The first-order valence-corrected chi connectivity index (χ1v) is 12.0. The van der Waals surface area contributed by atoms with Crippen LogP contribution in [-0.2, 0) is 21.0 Å². The van der Waals surface area contributed by atoms with Gasteiger partial charge in [0, 0.05) is 17.0 Å². The van der Waals surface area contributed by atoms with Crippen LogP contribution < -0.4 is 10.0 Å². The fourth-order valence-electron chi connectivity index (χ4n) is 3.07. The third-order valence-electron chi connectivity index (χ3n) is 4.90. The topological polar surface area (TPSA) is 93.1 Å². The monoisotopic (exact) mass is 472 g/mol. The van der Waals surface area contributed by atoms with Crippen LogP contribution in [0, 0.1) is 5.82 Å². The van der Waals surface area contributed by atoms with E-state index in [-0.39, 0.29) is 27.1 Å². The number of sulfonamides is 1. The number of anilines is 2. The van der Waals surface area contributed by atoms with Gasteiger partial charge < -0.3 is 5.32 Å². The Bertz CT molecular complexity index is 1270. The second kappa shape index (κ2) is 8.62. The fraction of sp³-hybridized carbons (Fsp3) is 0.333. The zero-order valence-electron chi connectivity index (χ0n) is 19.6. The summed E-state index contributed by atoms with van der Waals surface area (Å²) in [5, 5.41) is 7.55. The predicted octanol–water partition coefficient (Wildman–Crippen LogP) is 5.13. The van der Waals surface area contributed by atoms with Crippen molar-refractivity contribution in [2.24, 2.45) is 0 Å². The first-order chi connectivity index (χ1) is 15.2. The van der Waals surface area contributed by atoms with Gasteiger partial charge in [-0.15, -0.1) is 0 Å². The van der Waals surface area contributed by atoms with Gasteiger partial charge in [-0.25, -0.2) is 17.5 Å². The van der Waals surface area contributed by atoms with Crippen molar-refractivity contribution >= 4 is 27.4 Å². The van der Waals surface area contributed by atoms with Crippen molar-refractivity contribution in [2.45, 2.75) is 57.4 Å². The Hall–Kier alpha value is -3.20. The standard InChI is InChI=1S/C24H29FN4O3S/c1-23(2,3)20-15-21(29(27-20)24(4,5)6)26-22(30)16-11-13-17(14-12-16)33(31,32)28-19-10-8-7-9-18(19)25/h7-15,28H,1-6H3,(H,26,30). The molecule has 33 heavy (non-hydrogen) atoms. The molecule has 0 saturated heterocycles. The SMILES string of the molecule is CC(C)(C)c1cc(NC(=O)c2ccc(S(=O)(=O)Nc3ccccc3F)cc2)n(C(C)(C)C)n1. The summed E-state index contributed by atoms with van der Waals surface area (Å²) in [6.45, 7) is 12.1. The molecule has 0 spiro atoms. The number of hydrogen-bond donors (Lipinski definition) is 2. The molecule has 1 heterocycles. The molecule has 0 bridgehead atoms. The lowest BCUT2D eigenvalue weighted by Crippen LogP contribution is -2.27. The smallest absolute Gasteiger partial charge is 0.261 e. The number of aromatic nitrogens is 2. The summed E-state index contributed by atoms with van der Waals surface area (Å²) >= 11 is 0. The zero-order valence-corrected chi connectivity index (χ0v) is 20.4. The summed E-state index contributed by atoms with van der Waals surface area (Å²) in [4.78, 5) is 12.8. The van der Waals surface area contributed by atoms with Gasteiger partial charge in [0.1, 0.15) is 11.6 Å². The number of para-hydroxylation sites is 1. The highest BCUT2D eigenvalue weighted by Crippen LogP contribution is 2.28. The van der Waals surface area contributed by atoms with E-state index < -0.39 is 21.7 Å². The first-order valence-electron chi connectivity index (χ1n) is 10.5. The van der Waals surface area contributed by atoms with Gasteiger partial charge in [0.05, 0.1) is 21.8 Å². The van der Waals surface area contributed by atoms with Gasteiger partial charge in [-0.05, 0) is 57.2 Å². The Labute approximate surface area is 194 Å². The van der Waals surface area contributed by atoms with Gasteiger partial charge >= 0.3 is 0 Å². The van der Waals surface area contributed by atoms with Gasteiger partial charge in [-0.3, -0.25) is 9.52 Å². The quantitative estimate of drug-likeness (QED) is 0.538. The average molecular weight is 473 g/mol. The second-order valence-electron chi connectivity index (χ2n) is 9.81. The van der Waals surface area contributed by atoms with Crippen LogP contribution in [0.4, 0.5) is 15.9 Å². The molecule has 3 rings (SSSR count). The van der Waals surface area contributed by atoms with E-state index in [0.717, 1.165) is 5.69 Å². The molecule has 0 aliphatic heterocycles. The molecule has 0 fully saturated rings. The number of carbonyl (C=O) groups excluding carboxylic acids is 1. The van der Waals surface area contributed by atoms with Crippen LogP contribution in [0.25, 0.3) is 0 Å². The Morgan fingerprint density at radius 1 is 0.970 bits per heavy atom. The van der Waals surface area contributed by atoms with Crippen LogP contribution in [-0.4, -0.2) is 24.1 Å². The summed E-state index contributed by atoms with van der Waals surface area (Å²) in [6, 6.07) is 12.8. The lowest BCUT2D eigenvalue weighted by Gasteiger charge is -2.23. The number of amides is 1. The highest BCUT2D eigenvalue weighted by Gasteiger charge is 2.26. The number of nitrogens with zero attached hydrogens (tertiary/aromatic N) is 2. The van der Waals surface area contributed by atoms with Crippen LogP contribution in [0.5, 0.6) is 0 Å². The van der Waals surface area contributed by atoms with Crippen molar-refractivity contribution in [2.75, 3.05) is 10.0 Å². The molecule has 0 unspecified atom stereocenters. The number of nitrogens with one attached hydrogen (secondary N) is 2. The molecule has 9 heteroatoms. The molecule has 0 aliphatic carbocycles. The number of carbonyl (C=O) groups is 1. The summed E-state index contributed by atoms with van der Waals surface area (Å²) in [6.07, 6.45) is 0. The maximum Gasteiger partial charge on any atom is 0.261 e. The molecular formula is C24H29FN4O3S. The number of benzene rings is 2. The predicted molar refractivity (Wildman–Crippen MR) is 128 cm³/mol. The molecule has 7 nitrogen and oxygen atoms in total. The Morgan fingerprint density at radius 3 is 2.12 bits per heavy atom. The lowest BCUT2D eigenvalue weighted by molar-refractivity contribution is 0.102. The van der Waals surface area contributed by atoms with Crippen molar-refractivity contribution in [3.63, 3.8) is 0 Å². The van der Waals surface area contributed by atoms with E-state index in [1.165, 1.54) is 48.5 Å². The van der Waals surface area contributed by atoms with Crippen LogP contribution in [0.3, 0.4) is 0 Å². The highest BCUT2D eigenvalue weighted by atomic mass is 32.2. The maximum atomic E-state index is 13.8. The van der Waals surface area contributed by atoms with E-state index in [9.17, 15) is 17.6 Å².